The first-order valence-corrected chi connectivity index (χ1v) is 12.1. The van der Waals surface area contributed by atoms with Crippen molar-refractivity contribution in [2.75, 3.05) is 13.7 Å². The minimum Gasteiger partial charge on any atom is -0.493 e. The Labute approximate surface area is 221 Å². The third-order valence-corrected chi connectivity index (χ3v) is 5.89. The van der Waals surface area contributed by atoms with E-state index in [0.717, 1.165) is 0 Å². The van der Waals surface area contributed by atoms with Crippen LogP contribution in [0.15, 0.2) is 76.3 Å². The van der Waals surface area contributed by atoms with Crippen molar-refractivity contribution in [2.45, 2.75) is 12.8 Å². The number of nitrogens with one attached hydrogen (secondary N) is 2. The van der Waals surface area contributed by atoms with Gasteiger partial charge in [0.15, 0.2) is 11.5 Å². The minimum absolute atomic E-state index is 0.174. The Bertz CT molecular complexity index is 1280. The van der Waals surface area contributed by atoms with Crippen molar-refractivity contribution >= 4 is 51.5 Å². The number of ether oxygens (including phenoxy) is 2. The molecule has 0 radical (unpaired) electrons. The Kier molecular flexibility index (Phi) is 10.0. The standard InChI is InChI=1S/C26H23BrClN3O5/c1-35-23-15-17(12-13-22(23)36-26(34)18-7-2-4-9-20(18)27)16-30-31-24(32)11-6-14-29-25(33)19-8-3-5-10-21(19)28/h2-5,7-10,12-13,15-16H,6,11,14H2,1H3,(H,29,33)(H,31,32)/b30-16+. The van der Waals surface area contributed by atoms with Crippen LogP contribution in [0.2, 0.25) is 5.02 Å². The molecule has 0 aliphatic rings. The quantitative estimate of drug-likeness (QED) is 0.117. The number of carbonyl (C=O) groups is 3. The Morgan fingerprint density at radius 1 is 1.00 bits per heavy atom. The molecule has 10 heteroatoms. The Balaban J connectivity index is 1.46. The van der Waals surface area contributed by atoms with Crippen LogP contribution in [0, 0.1) is 0 Å². The average molecular weight is 573 g/mol. The van der Waals surface area contributed by atoms with Gasteiger partial charge in [-0.3, -0.25) is 9.59 Å². The number of hydrogen-bond acceptors (Lipinski definition) is 6. The fraction of sp³-hybridized carbons (Fsp3) is 0.154. The van der Waals surface area contributed by atoms with E-state index in [9.17, 15) is 14.4 Å². The van der Waals surface area contributed by atoms with Gasteiger partial charge in [0, 0.05) is 17.4 Å². The molecule has 0 aliphatic heterocycles. The molecule has 2 N–H and O–H groups in total. The van der Waals surface area contributed by atoms with Crippen LogP contribution in [-0.2, 0) is 4.79 Å². The van der Waals surface area contributed by atoms with E-state index in [0.29, 0.717) is 44.9 Å². The molecule has 0 fully saturated rings. The van der Waals surface area contributed by atoms with Gasteiger partial charge >= 0.3 is 5.97 Å². The summed E-state index contributed by atoms with van der Waals surface area (Å²) in [5.74, 6) is -0.543. The lowest BCUT2D eigenvalue weighted by Crippen LogP contribution is -2.26. The normalized spacial score (nSPS) is 10.6. The number of carbonyl (C=O) groups excluding carboxylic acids is 3. The number of hydrogen-bond donors (Lipinski definition) is 2. The molecule has 0 unspecified atom stereocenters. The van der Waals surface area contributed by atoms with E-state index < -0.39 is 5.97 Å². The summed E-state index contributed by atoms with van der Waals surface area (Å²) in [5.41, 5.74) is 3.83. The van der Waals surface area contributed by atoms with E-state index in [1.54, 1.807) is 66.7 Å². The van der Waals surface area contributed by atoms with E-state index in [2.05, 4.69) is 31.8 Å². The first kappa shape index (κ1) is 26.9. The maximum Gasteiger partial charge on any atom is 0.344 e. The topological polar surface area (TPSA) is 106 Å². The largest absolute Gasteiger partial charge is 0.493 e. The summed E-state index contributed by atoms with van der Waals surface area (Å²) in [7, 11) is 1.46. The van der Waals surface area contributed by atoms with Crippen LogP contribution in [0.3, 0.4) is 0 Å². The molecule has 2 amide bonds. The predicted molar refractivity (Wildman–Crippen MR) is 141 cm³/mol. The lowest BCUT2D eigenvalue weighted by atomic mass is 10.2. The molecule has 8 nitrogen and oxygen atoms in total. The lowest BCUT2D eigenvalue weighted by Gasteiger charge is -2.10. The van der Waals surface area contributed by atoms with Gasteiger partial charge in [0.2, 0.25) is 5.91 Å². The zero-order chi connectivity index (χ0) is 25.9. The minimum atomic E-state index is -0.530. The third-order valence-electron chi connectivity index (χ3n) is 4.87. The van der Waals surface area contributed by atoms with E-state index in [4.69, 9.17) is 21.1 Å². The highest BCUT2D eigenvalue weighted by molar-refractivity contribution is 9.10. The van der Waals surface area contributed by atoms with Gasteiger partial charge in [0.05, 0.1) is 29.5 Å². The summed E-state index contributed by atoms with van der Waals surface area (Å²) in [5, 5.41) is 7.04. The number of halogens is 2. The monoisotopic (exact) mass is 571 g/mol. The second-order valence-electron chi connectivity index (χ2n) is 7.41. The zero-order valence-electron chi connectivity index (χ0n) is 19.3. The summed E-state index contributed by atoms with van der Waals surface area (Å²) < 4.78 is 11.4. The molecule has 0 spiro atoms. The summed E-state index contributed by atoms with van der Waals surface area (Å²) in [4.78, 5) is 36.6. The molecule has 0 heterocycles. The van der Waals surface area contributed by atoms with Crippen molar-refractivity contribution in [3.63, 3.8) is 0 Å². The van der Waals surface area contributed by atoms with Crippen LogP contribution in [-0.4, -0.2) is 37.7 Å². The molecule has 0 saturated carbocycles. The van der Waals surface area contributed by atoms with E-state index in [-0.39, 0.29) is 24.0 Å². The Hall–Kier alpha value is -3.69. The molecular weight excluding hydrogens is 550 g/mol. The molecule has 0 atom stereocenters. The molecule has 186 valence electrons. The molecule has 0 saturated heterocycles. The molecule has 3 rings (SSSR count). The van der Waals surface area contributed by atoms with Crippen molar-refractivity contribution in [2.24, 2.45) is 5.10 Å². The van der Waals surface area contributed by atoms with E-state index in [1.807, 2.05) is 0 Å². The molecular formula is C26H23BrClN3O5. The second kappa shape index (κ2) is 13.4. The number of rotatable bonds is 10. The first-order valence-electron chi connectivity index (χ1n) is 10.9. The van der Waals surface area contributed by atoms with Gasteiger partial charge in [-0.1, -0.05) is 35.9 Å². The van der Waals surface area contributed by atoms with Crippen LogP contribution in [0.25, 0.3) is 0 Å². The summed E-state index contributed by atoms with van der Waals surface area (Å²) in [6.45, 7) is 0.318. The molecule has 3 aromatic rings. The van der Waals surface area contributed by atoms with Crippen LogP contribution < -0.4 is 20.2 Å². The van der Waals surface area contributed by atoms with Crippen LogP contribution >= 0.6 is 27.5 Å². The van der Waals surface area contributed by atoms with Crippen molar-refractivity contribution in [1.82, 2.24) is 10.7 Å². The third kappa shape index (κ3) is 7.66. The van der Waals surface area contributed by atoms with Crippen molar-refractivity contribution in [3.05, 3.63) is 92.9 Å². The maximum atomic E-state index is 12.5. The smallest absolute Gasteiger partial charge is 0.344 e. The first-order chi connectivity index (χ1) is 17.4. The van der Waals surface area contributed by atoms with Crippen molar-refractivity contribution in [1.29, 1.82) is 0 Å². The van der Waals surface area contributed by atoms with Crippen LogP contribution in [0.4, 0.5) is 0 Å². The summed E-state index contributed by atoms with van der Waals surface area (Å²) in [6.07, 6.45) is 2.05. The van der Waals surface area contributed by atoms with Gasteiger partial charge < -0.3 is 14.8 Å². The van der Waals surface area contributed by atoms with E-state index in [1.165, 1.54) is 13.3 Å². The molecule has 0 aromatic heterocycles. The zero-order valence-corrected chi connectivity index (χ0v) is 21.6. The van der Waals surface area contributed by atoms with Crippen molar-refractivity contribution in [3.8, 4) is 11.5 Å². The Morgan fingerprint density at radius 3 is 2.44 bits per heavy atom. The van der Waals surface area contributed by atoms with Gasteiger partial charge in [0.1, 0.15) is 0 Å². The van der Waals surface area contributed by atoms with Crippen LogP contribution in [0.5, 0.6) is 11.5 Å². The maximum absolute atomic E-state index is 12.5. The average Bonchev–Trinajstić information content (AvgIpc) is 2.87. The van der Waals surface area contributed by atoms with E-state index >= 15 is 0 Å². The highest BCUT2D eigenvalue weighted by Crippen LogP contribution is 2.29. The fourth-order valence-corrected chi connectivity index (χ4v) is 3.72. The van der Waals surface area contributed by atoms with Crippen molar-refractivity contribution < 1.29 is 23.9 Å². The molecule has 0 bridgehead atoms. The SMILES string of the molecule is COc1cc(/C=N/NC(=O)CCCNC(=O)c2ccccc2Cl)ccc1OC(=O)c1ccccc1Br. The van der Waals surface area contributed by atoms with Gasteiger partial charge in [-0.15, -0.1) is 0 Å². The van der Waals surface area contributed by atoms with Gasteiger partial charge in [-0.2, -0.15) is 5.10 Å². The van der Waals surface area contributed by atoms with Gasteiger partial charge in [-0.05, 0) is 70.4 Å². The van der Waals surface area contributed by atoms with Gasteiger partial charge in [-0.25, -0.2) is 10.2 Å². The lowest BCUT2D eigenvalue weighted by molar-refractivity contribution is -0.121. The number of amides is 2. The second-order valence-corrected chi connectivity index (χ2v) is 8.67. The Morgan fingerprint density at radius 2 is 1.72 bits per heavy atom. The summed E-state index contributed by atoms with van der Waals surface area (Å²) >= 11 is 9.33. The highest BCUT2D eigenvalue weighted by Gasteiger charge is 2.15. The summed E-state index contributed by atoms with van der Waals surface area (Å²) in [6, 6.07) is 18.6. The highest BCUT2D eigenvalue weighted by atomic mass is 79.9. The predicted octanol–water partition coefficient (Wildman–Crippen LogP) is 4.99. The number of esters is 1. The number of hydrazone groups is 1. The number of nitrogens with zero attached hydrogens (tertiary/aromatic N) is 1. The fourth-order valence-electron chi connectivity index (χ4n) is 3.06. The van der Waals surface area contributed by atoms with Gasteiger partial charge in [0.25, 0.3) is 5.91 Å². The molecule has 0 aliphatic carbocycles. The number of methoxy groups -OCH3 is 1. The number of benzene rings is 3. The van der Waals surface area contributed by atoms with Crippen LogP contribution in [0.1, 0.15) is 39.1 Å². The molecule has 3 aromatic carbocycles. The molecule has 36 heavy (non-hydrogen) atoms.